The molecule has 0 aliphatic carbocycles. The Balaban J connectivity index is 2.19. The minimum Gasteiger partial charge on any atom is -0.334 e. The van der Waals surface area contributed by atoms with E-state index >= 15 is 0 Å². The van der Waals surface area contributed by atoms with Gasteiger partial charge in [-0.25, -0.2) is 0 Å². The van der Waals surface area contributed by atoms with Crippen molar-refractivity contribution in [3.63, 3.8) is 0 Å². The number of pyridine rings is 1. The number of carbonyl (C=O) groups excluding carboxylic acids is 1. The summed E-state index contributed by atoms with van der Waals surface area (Å²) in [5.41, 5.74) is 0.170. The number of H-pyrrole nitrogens is 1. The summed E-state index contributed by atoms with van der Waals surface area (Å²) < 4.78 is 0. The number of amides is 1. The Bertz CT molecular complexity index is 481. The molecule has 18 heavy (non-hydrogen) atoms. The molecular formula is C14H20N2O2. The van der Waals surface area contributed by atoms with Crippen LogP contribution in [-0.4, -0.2) is 28.4 Å². The average molecular weight is 248 g/mol. The van der Waals surface area contributed by atoms with Gasteiger partial charge in [0.15, 0.2) is 0 Å². The van der Waals surface area contributed by atoms with Gasteiger partial charge >= 0.3 is 0 Å². The molecule has 0 radical (unpaired) electrons. The maximum absolute atomic E-state index is 12.4. The Morgan fingerprint density at radius 3 is 2.89 bits per heavy atom. The molecule has 1 amide bonds. The summed E-state index contributed by atoms with van der Waals surface area (Å²) in [6, 6.07) is 4.97. The van der Waals surface area contributed by atoms with Gasteiger partial charge in [-0.15, -0.1) is 0 Å². The van der Waals surface area contributed by atoms with Crippen LogP contribution in [0.15, 0.2) is 23.0 Å². The molecule has 0 aromatic carbocycles. The second-order valence-corrected chi connectivity index (χ2v) is 5.09. The van der Waals surface area contributed by atoms with Crippen LogP contribution in [0.4, 0.5) is 0 Å². The highest BCUT2D eigenvalue weighted by molar-refractivity contribution is 5.92. The number of carbonyl (C=O) groups is 1. The second-order valence-electron chi connectivity index (χ2n) is 5.09. The predicted octanol–water partition coefficient (Wildman–Crippen LogP) is 2.03. The van der Waals surface area contributed by atoms with Crippen molar-refractivity contribution in [3.8, 4) is 0 Å². The van der Waals surface area contributed by atoms with Crippen LogP contribution in [0.1, 0.15) is 43.6 Å². The Morgan fingerprint density at radius 1 is 1.44 bits per heavy atom. The van der Waals surface area contributed by atoms with E-state index in [1.165, 1.54) is 12.5 Å². The molecule has 1 N–H and O–H groups in total. The van der Waals surface area contributed by atoms with Gasteiger partial charge in [0.2, 0.25) is 5.56 Å². The largest absolute Gasteiger partial charge is 0.334 e. The van der Waals surface area contributed by atoms with Crippen LogP contribution in [0.3, 0.4) is 0 Å². The first kappa shape index (κ1) is 12.9. The molecule has 98 valence electrons. The van der Waals surface area contributed by atoms with E-state index in [1.54, 1.807) is 12.1 Å². The predicted molar refractivity (Wildman–Crippen MR) is 70.6 cm³/mol. The van der Waals surface area contributed by atoms with Crippen LogP contribution in [0.25, 0.3) is 0 Å². The first-order valence-electron chi connectivity index (χ1n) is 6.62. The van der Waals surface area contributed by atoms with Gasteiger partial charge in [0, 0.05) is 18.7 Å². The molecular weight excluding hydrogens is 228 g/mol. The lowest BCUT2D eigenvalue weighted by Crippen LogP contribution is -2.45. The van der Waals surface area contributed by atoms with E-state index in [0.29, 0.717) is 11.6 Å². The molecule has 4 nitrogen and oxygen atoms in total. The number of aromatic nitrogens is 1. The fourth-order valence-corrected chi connectivity index (χ4v) is 2.53. The van der Waals surface area contributed by atoms with Gasteiger partial charge in [0.1, 0.15) is 5.69 Å². The molecule has 2 rings (SSSR count). The molecule has 1 aromatic rings. The minimum absolute atomic E-state index is 0.0571. The van der Waals surface area contributed by atoms with Crippen LogP contribution < -0.4 is 5.56 Å². The van der Waals surface area contributed by atoms with E-state index in [4.69, 9.17) is 0 Å². The Hall–Kier alpha value is -1.58. The van der Waals surface area contributed by atoms with E-state index in [9.17, 15) is 9.59 Å². The Morgan fingerprint density at radius 2 is 2.22 bits per heavy atom. The molecule has 4 heteroatoms. The van der Waals surface area contributed by atoms with Gasteiger partial charge in [-0.3, -0.25) is 9.59 Å². The summed E-state index contributed by atoms with van der Waals surface area (Å²) in [6.07, 6.45) is 3.33. The van der Waals surface area contributed by atoms with Crippen molar-refractivity contribution in [2.24, 2.45) is 5.92 Å². The van der Waals surface area contributed by atoms with E-state index in [1.807, 2.05) is 4.90 Å². The maximum Gasteiger partial charge on any atom is 0.270 e. The number of nitrogens with one attached hydrogen (secondary N) is 1. The summed E-state index contributed by atoms with van der Waals surface area (Å²) in [5.74, 6) is 0.527. The number of piperidine rings is 1. The highest BCUT2D eigenvalue weighted by Gasteiger charge is 2.28. The Kier molecular flexibility index (Phi) is 3.84. The number of hydrogen-bond donors (Lipinski definition) is 1. The third-order valence-electron chi connectivity index (χ3n) is 3.82. The van der Waals surface area contributed by atoms with E-state index in [2.05, 4.69) is 18.8 Å². The van der Waals surface area contributed by atoms with Crippen LogP contribution >= 0.6 is 0 Å². The quantitative estimate of drug-likeness (QED) is 0.870. The zero-order chi connectivity index (χ0) is 13.1. The summed E-state index contributed by atoms with van der Waals surface area (Å²) >= 11 is 0. The average Bonchev–Trinajstić information content (AvgIpc) is 2.38. The molecule has 1 saturated heterocycles. The van der Waals surface area contributed by atoms with Crippen molar-refractivity contribution in [3.05, 3.63) is 34.2 Å². The summed E-state index contributed by atoms with van der Waals surface area (Å²) in [4.78, 5) is 28.1. The van der Waals surface area contributed by atoms with Gasteiger partial charge in [0.05, 0.1) is 0 Å². The van der Waals surface area contributed by atoms with Gasteiger partial charge in [0.25, 0.3) is 5.91 Å². The van der Waals surface area contributed by atoms with Gasteiger partial charge < -0.3 is 9.88 Å². The molecule has 0 unspecified atom stereocenters. The standard InChI is InChI=1S/C14H20N2O2/c1-3-11-8-7-10(2)16(9-11)14(18)12-5-4-6-13(17)15-12/h4-6,10-11H,3,7-9H2,1-2H3,(H,15,17)/t10-,11+/m0/s1. The van der Waals surface area contributed by atoms with Crippen molar-refractivity contribution in [1.82, 2.24) is 9.88 Å². The van der Waals surface area contributed by atoms with Crippen molar-refractivity contribution in [1.29, 1.82) is 0 Å². The lowest BCUT2D eigenvalue weighted by atomic mass is 9.91. The van der Waals surface area contributed by atoms with Crippen LogP contribution in [0.2, 0.25) is 0 Å². The highest BCUT2D eigenvalue weighted by atomic mass is 16.2. The molecule has 0 bridgehead atoms. The topological polar surface area (TPSA) is 53.2 Å². The summed E-state index contributed by atoms with van der Waals surface area (Å²) in [7, 11) is 0. The zero-order valence-corrected chi connectivity index (χ0v) is 11.0. The molecule has 1 aromatic heterocycles. The first-order chi connectivity index (χ1) is 8.61. The lowest BCUT2D eigenvalue weighted by Gasteiger charge is -2.37. The van der Waals surface area contributed by atoms with E-state index < -0.39 is 0 Å². The molecule has 1 fully saturated rings. The fourth-order valence-electron chi connectivity index (χ4n) is 2.53. The van der Waals surface area contributed by atoms with Crippen molar-refractivity contribution in [2.75, 3.05) is 6.54 Å². The maximum atomic E-state index is 12.4. The van der Waals surface area contributed by atoms with E-state index in [-0.39, 0.29) is 17.5 Å². The normalized spacial score (nSPS) is 24.0. The van der Waals surface area contributed by atoms with Crippen molar-refractivity contribution < 1.29 is 4.79 Å². The smallest absolute Gasteiger partial charge is 0.270 e. The molecule has 2 heterocycles. The Labute approximate surface area is 107 Å². The third-order valence-corrected chi connectivity index (χ3v) is 3.82. The van der Waals surface area contributed by atoms with Crippen LogP contribution in [0, 0.1) is 5.92 Å². The van der Waals surface area contributed by atoms with Crippen LogP contribution in [0.5, 0.6) is 0 Å². The molecule has 0 saturated carbocycles. The summed E-state index contributed by atoms with van der Waals surface area (Å²) in [6.45, 7) is 5.03. The third kappa shape index (κ3) is 2.63. The lowest BCUT2D eigenvalue weighted by molar-refractivity contribution is 0.0550. The first-order valence-corrected chi connectivity index (χ1v) is 6.62. The van der Waals surface area contributed by atoms with Crippen molar-refractivity contribution in [2.45, 2.75) is 39.2 Å². The minimum atomic E-state index is -0.224. The fraction of sp³-hybridized carbons (Fsp3) is 0.571. The number of likely N-dealkylation sites (tertiary alicyclic amines) is 1. The molecule has 2 atom stereocenters. The van der Waals surface area contributed by atoms with E-state index in [0.717, 1.165) is 19.4 Å². The summed E-state index contributed by atoms with van der Waals surface area (Å²) in [5, 5.41) is 0. The number of nitrogens with zero attached hydrogens (tertiary/aromatic N) is 1. The monoisotopic (exact) mass is 248 g/mol. The van der Waals surface area contributed by atoms with Crippen molar-refractivity contribution >= 4 is 5.91 Å². The van der Waals surface area contributed by atoms with Crippen LogP contribution in [-0.2, 0) is 0 Å². The second kappa shape index (κ2) is 5.38. The van der Waals surface area contributed by atoms with Gasteiger partial charge in [-0.1, -0.05) is 19.4 Å². The number of aromatic amines is 1. The SMILES string of the molecule is CC[C@@H]1CC[C@H](C)N(C(=O)c2cccc(=O)[nH]2)C1. The molecule has 0 spiro atoms. The van der Waals surface area contributed by atoms with Gasteiger partial charge in [-0.2, -0.15) is 0 Å². The number of hydrogen-bond acceptors (Lipinski definition) is 2. The highest BCUT2D eigenvalue weighted by Crippen LogP contribution is 2.24. The molecule has 1 aliphatic rings. The molecule has 1 aliphatic heterocycles. The number of rotatable bonds is 2. The van der Waals surface area contributed by atoms with Gasteiger partial charge in [-0.05, 0) is 31.7 Å². The zero-order valence-electron chi connectivity index (χ0n) is 11.0.